The van der Waals surface area contributed by atoms with E-state index in [1.165, 1.54) is 13.8 Å². The van der Waals surface area contributed by atoms with Crippen molar-refractivity contribution in [1.29, 1.82) is 10.5 Å². The maximum Gasteiger partial charge on any atom is 0.231 e. The third-order valence-electron chi connectivity index (χ3n) is 6.25. The molecule has 0 radical (unpaired) electrons. The van der Waals surface area contributed by atoms with E-state index in [-0.39, 0.29) is 23.6 Å². The Morgan fingerprint density at radius 3 is 2.26 bits per heavy atom. The molecule has 0 spiro atoms. The second kappa shape index (κ2) is 8.06. The van der Waals surface area contributed by atoms with E-state index in [4.69, 9.17) is 9.47 Å². The fourth-order valence-electron chi connectivity index (χ4n) is 4.93. The molecule has 0 atom stereocenters. The Morgan fingerprint density at radius 2 is 1.56 bits per heavy atom. The average Bonchev–Trinajstić information content (AvgIpc) is 3.30. The highest BCUT2D eigenvalue weighted by Gasteiger charge is 2.34. The van der Waals surface area contributed by atoms with Gasteiger partial charge in [-0.25, -0.2) is 4.90 Å². The molecule has 166 valence electrons. The number of carbonyl (C=O) groups is 2. The number of ether oxygens (including phenoxy) is 2. The number of nitriles is 2. The van der Waals surface area contributed by atoms with Gasteiger partial charge in [0.05, 0.1) is 16.8 Å². The number of amides is 2. The molecule has 0 saturated carbocycles. The number of aryl methyl sites for hydroxylation is 1. The molecule has 0 aromatic heterocycles. The monoisotopic (exact) mass is 449 g/mol. The molecule has 0 fully saturated rings. The van der Waals surface area contributed by atoms with Crippen LogP contribution in [0.3, 0.4) is 0 Å². The highest BCUT2D eigenvalue weighted by molar-refractivity contribution is 6.16. The average molecular weight is 449 g/mol. The maximum absolute atomic E-state index is 12.6. The number of imide groups is 1. The highest BCUT2D eigenvalue weighted by atomic mass is 16.7. The SMILES string of the molecule is CC(=O)N(C(C)=O)c1c(C#N)c(-c2ccc3c(c2)OCO3)c2c(c1C#N)-c1ccccc1CC2. The third-order valence-corrected chi connectivity index (χ3v) is 6.25. The second-order valence-electron chi connectivity index (χ2n) is 8.15. The van der Waals surface area contributed by atoms with Crippen molar-refractivity contribution in [1.82, 2.24) is 0 Å². The number of hydrogen-bond donors (Lipinski definition) is 0. The first-order valence-corrected chi connectivity index (χ1v) is 10.8. The van der Waals surface area contributed by atoms with Gasteiger partial charge in [0.2, 0.25) is 18.6 Å². The van der Waals surface area contributed by atoms with Gasteiger partial charge in [-0.3, -0.25) is 9.59 Å². The zero-order valence-corrected chi connectivity index (χ0v) is 18.6. The van der Waals surface area contributed by atoms with Crippen molar-refractivity contribution in [3.63, 3.8) is 0 Å². The van der Waals surface area contributed by atoms with Crippen LogP contribution < -0.4 is 14.4 Å². The number of benzene rings is 3. The molecule has 1 aliphatic heterocycles. The molecule has 5 rings (SSSR count). The Labute approximate surface area is 196 Å². The standard InChI is InChI=1S/C27H19N3O4/c1-15(31)30(16(2)32)27-21(12-28)25(18-8-10-23-24(11-18)34-14-33-23)20-9-7-17-5-3-4-6-19(17)26(20)22(27)13-29/h3-6,8,10-11H,7,9,14H2,1-2H3. The van der Waals surface area contributed by atoms with Crippen LogP contribution in [0.1, 0.15) is 36.1 Å². The number of hydrogen-bond acceptors (Lipinski definition) is 6. The van der Waals surface area contributed by atoms with Gasteiger partial charge >= 0.3 is 0 Å². The summed E-state index contributed by atoms with van der Waals surface area (Å²) in [6.07, 6.45) is 1.33. The molecule has 0 N–H and O–H groups in total. The topological polar surface area (TPSA) is 103 Å². The van der Waals surface area contributed by atoms with Gasteiger partial charge in [0.1, 0.15) is 12.1 Å². The summed E-state index contributed by atoms with van der Waals surface area (Å²) in [7, 11) is 0. The Bertz CT molecular complexity index is 1460. The minimum absolute atomic E-state index is 0.0214. The van der Waals surface area contributed by atoms with Crippen molar-refractivity contribution in [3.8, 4) is 45.9 Å². The van der Waals surface area contributed by atoms with Crippen LogP contribution in [0.15, 0.2) is 42.5 Å². The minimum Gasteiger partial charge on any atom is -0.454 e. The molecule has 1 aliphatic carbocycles. The predicted octanol–water partition coefficient (Wildman–Crippen LogP) is 4.49. The largest absolute Gasteiger partial charge is 0.454 e. The van der Waals surface area contributed by atoms with Crippen molar-refractivity contribution in [2.24, 2.45) is 0 Å². The fourth-order valence-corrected chi connectivity index (χ4v) is 4.93. The summed E-state index contributed by atoms with van der Waals surface area (Å²) in [5, 5.41) is 20.6. The Kier molecular flexibility index (Phi) is 5.03. The quantitative estimate of drug-likeness (QED) is 0.571. The van der Waals surface area contributed by atoms with Crippen LogP contribution in [-0.2, 0) is 22.4 Å². The number of nitrogens with zero attached hydrogens (tertiary/aromatic N) is 3. The van der Waals surface area contributed by atoms with Gasteiger partial charge in [0.25, 0.3) is 0 Å². The molecular formula is C27H19N3O4. The van der Waals surface area contributed by atoms with Crippen LogP contribution in [0.25, 0.3) is 22.3 Å². The maximum atomic E-state index is 12.6. The van der Waals surface area contributed by atoms with E-state index < -0.39 is 11.8 Å². The van der Waals surface area contributed by atoms with Crippen LogP contribution in [0.5, 0.6) is 11.5 Å². The predicted molar refractivity (Wildman–Crippen MR) is 124 cm³/mol. The first-order valence-electron chi connectivity index (χ1n) is 10.8. The lowest BCUT2D eigenvalue weighted by Crippen LogP contribution is -2.35. The third kappa shape index (κ3) is 3.10. The zero-order valence-electron chi connectivity index (χ0n) is 18.6. The van der Waals surface area contributed by atoms with Crippen LogP contribution in [0.2, 0.25) is 0 Å². The molecule has 0 unspecified atom stereocenters. The lowest BCUT2D eigenvalue weighted by Gasteiger charge is -2.29. The van der Waals surface area contributed by atoms with E-state index in [0.29, 0.717) is 34.6 Å². The summed E-state index contributed by atoms with van der Waals surface area (Å²) in [5.74, 6) is 0.0130. The molecule has 0 saturated heterocycles. The van der Waals surface area contributed by atoms with Gasteiger partial charge < -0.3 is 9.47 Å². The Hall–Kier alpha value is -4.62. The highest BCUT2D eigenvalue weighted by Crippen LogP contribution is 2.49. The summed E-state index contributed by atoms with van der Waals surface area (Å²) in [4.78, 5) is 26.1. The summed E-state index contributed by atoms with van der Waals surface area (Å²) in [6.45, 7) is 2.60. The van der Waals surface area contributed by atoms with Crippen molar-refractivity contribution >= 4 is 17.5 Å². The van der Waals surface area contributed by atoms with Crippen molar-refractivity contribution in [2.75, 3.05) is 11.7 Å². The van der Waals surface area contributed by atoms with E-state index in [1.807, 2.05) is 30.3 Å². The molecule has 0 bridgehead atoms. The van der Waals surface area contributed by atoms with Crippen molar-refractivity contribution in [2.45, 2.75) is 26.7 Å². The summed E-state index contributed by atoms with van der Waals surface area (Å²) in [6, 6.07) is 17.6. The molecule has 2 aliphatic rings. The molecule has 7 nitrogen and oxygen atoms in total. The first kappa shape index (κ1) is 21.2. The van der Waals surface area contributed by atoms with Crippen molar-refractivity contribution < 1.29 is 19.1 Å². The van der Waals surface area contributed by atoms with Gasteiger partial charge in [-0.15, -0.1) is 0 Å². The van der Waals surface area contributed by atoms with E-state index in [2.05, 4.69) is 12.1 Å². The van der Waals surface area contributed by atoms with Crippen LogP contribution in [0, 0.1) is 22.7 Å². The van der Waals surface area contributed by atoms with Crippen LogP contribution in [-0.4, -0.2) is 18.6 Å². The summed E-state index contributed by atoms with van der Waals surface area (Å²) >= 11 is 0. The Balaban J connectivity index is 1.96. The number of carbonyl (C=O) groups excluding carboxylic acids is 2. The minimum atomic E-state index is -0.568. The van der Waals surface area contributed by atoms with Gasteiger partial charge in [0.15, 0.2) is 11.5 Å². The van der Waals surface area contributed by atoms with E-state index >= 15 is 0 Å². The molecule has 2 amide bonds. The number of fused-ring (bicyclic) bond motifs is 4. The van der Waals surface area contributed by atoms with Crippen LogP contribution >= 0.6 is 0 Å². The van der Waals surface area contributed by atoms with Gasteiger partial charge in [-0.2, -0.15) is 10.5 Å². The number of anilines is 1. The lowest BCUT2D eigenvalue weighted by atomic mass is 9.76. The van der Waals surface area contributed by atoms with Gasteiger partial charge in [-0.1, -0.05) is 30.3 Å². The summed E-state index contributed by atoms with van der Waals surface area (Å²) < 4.78 is 11.0. The smallest absolute Gasteiger partial charge is 0.231 e. The summed E-state index contributed by atoms with van der Waals surface area (Å²) in [5.41, 5.74) is 4.97. The molecule has 34 heavy (non-hydrogen) atoms. The molecule has 3 aromatic carbocycles. The second-order valence-corrected chi connectivity index (χ2v) is 8.15. The van der Waals surface area contributed by atoms with Gasteiger partial charge in [0, 0.05) is 25.0 Å². The molecular weight excluding hydrogens is 430 g/mol. The lowest BCUT2D eigenvalue weighted by molar-refractivity contribution is -0.124. The number of rotatable bonds is 2. The molecule has 3 aromatic rings. The molecule has 1 heterocycles. The normalized spacial score (nSPS) is 12.7. The fraction of sp³-hybridized carbons (Fsp3) is 0.185. The van der Waals surface area contributed by atoms with Crippen molar-refractivity contribution in [3.05, 3.63) is 64.7 Å². The van der Waals surface area contributed by atoms with E-state index in [1.54, 1.807) is 12.1 Å². The van der Waals surface area contributed by atoms with E-state index in [0.717, 1.165) is 28.0 Å². The Morgan fingerprint density at radius 1 is 0.882 bits per heavy atom. The zero-order chi connectivity index (χ0) is 24.0. The van der Waals surface area contributed by atoms with Gasteiger partial charge in [-0.05, 0) is 47.2 Å². The first-order chi connectivity index (χ1) is 16.5. The molecule has 7 heteroatoms. The van der Waals surface area contributed by atoms with Crippen LogP contribution in [0.4, 0.5) is 5.69 Å². The van der Waals surface area contributed by atoms with E-state index in [9.17, 15) is 20.1 Å².